The van der Waals surface area contributed by atoms with Crippen LogP contribution in [-0.2, 0) is 7.05 Å². The number of aromatic nitrogens is 4. The molecule has 2 aromatic carbocycles. The van der Waals surface area contributed by atoms with Crippen LogP contribution in [0.4, 0.5) is 0 Å². The fourth-order valence-electron chi connectivity index (χ4n) is 3.36. The summed E-state index contributed by atoms with van der Waals surface area (Å²) in [6, 6.07) is 13.8. The normalized spacial score (nSPS) is 11.8. The van der Waals surface area contributed by atoms with Gasteiger partial charge in [0.2, 0.25) is 0 Å². The number of hydrogen-bond donors (Lipinski definition) is 1. The summed E-state index contributed by atoms with van der Waals surface area (Å²) in [7, 11) is 5.03. The second-order valence-corrected chi connectivity index (χ2v) is 7.51. The molecule has 0 aliphatic carbocycles. The molecule has 1 N–H and O–H groups in total. The summed E-state index contributed by atoms with van der Waals surface area (Å²) in [6.45, 7) is 0. The molecule has 0 saturated heterocycles. The second-order valence-electron chi connectivity index (χ2n) is 7.07. The molecule has 0 radical (unpaired) electrons. The highest BCUT2D eigenvalue weighted by molar-refractivity contribution is 6.30. The van der Waals surface area contributed by atoms with Gasteiger partial charge < -0.3 is 19.4 Å². The topological polar surface area (TPSA) is 83.2 Å². The molecule has 8 nitrogen and oxygen atoms in total. The van der Waals surface area contributed by atoms with Crippen LogP contribution in [0.2, 0.25) is 5.02 Å². The van der Waals surface area contributed by atoms with Crippen molar-refractivity contribution in [1.82, 2.24) is 24.6 Å². The van der Waals surface area contributed by atoms with Crippen molar-refractivity contribution in [1.29, 1.82) is 0 Å². The third-order valence-electron chi connectivity index (χ3n) is 4.99. The van der Waals surface area contributed by atoms with Crippen molar-refractivity contribution >= 4 is 17.5 Å². The van der Waals surface area contributed by atoms with E-state index in [1.165, 1.54) is 0 Å². The molecular formula is C23H22ClN5O3. The number of imidazole rings is 1. The summed E-state index contributed by atoms with van der Waals surface area (Å²) < 4.78 is 14.3. The van der Waals surface area contributed by atoms with E-state index in [0.29, 0.717) is 22.3 Å². The molecule has 1 amide bonds. The lowest BCUT2D eigenvalue weighted by Crippen LogP contribution is -2.31. The van der Waals surface area contributed by atoms with Crippen molar-refractivity contribution in [2.75, 3.05) is 14.2 Å². The van der Waals surface area contributed by atoms with E-state index in [0.717, 1.165) is 11.3 Å². The van der Waals surface area contributed by atoms with Gasteiger partial charge in [-0.1, -0.05) is 17.7 Å². The number of nitrogens with one attached hydrogen (secondary N) is 1. The minimum absolute atomic E-state index is 0.263. The number of nitrogens with zero attached hydrogens (tertiary/aromatic N) is 4. The third-order valence-corrected chi connectivity index (χ3v) is 5.23. The molecule has 2 heterocycles. The number of carbonyl (C=O) groups is 1. The van der Waals surface area contributed by atoms with E-state index >= 15 is 0 Å². The summed E-state index contributed by atoms with van der Waals surface area (Å²) in [5.41, 5.74) is 1.78. The maximum absolute atomic E-state index is 13.1. The molecule has 0 saturated carbocycles. The van der Waals surface area contributed by atoms with Crippen LogP contribution < -0.4 is 14.8 Å². The molecule has 0 aliphatic heterocycles. The van der Waals surface area contributed by atoms with Gasteiger partial charge in [0.25, 0.3) is 5.91 Å². The first-order valence-electron chi connectivity index (χ1n) is 9.81. The highest BCUT2D eigenvalue weighted by Crippen LogP contribution is 2.29. The standard InChI is InChI=1S/C23H22ClN5O3/c1-28-10-8-25-22(28)21(15-11-18(31-2)14-19(12-15)32-3)26-23(30)20-7-9-29(27-20)17-6-4-5-16(24)13-17/h4-14,21H,1-3H3,(H,26,30). The van der Waals surface area contributed by atoms with Gasteiger partial charge in [-0.05, 0) is 42.0 Å². The number of amides is 1. The molecule has 32 heavy (non-hydrogen) atoms. The third kappa shape index (κ3) is 4.45. The van der Waals surface area contributed by atoms with Crippen molar-refractivity contribution in [3.05, 3.63) is 89.2 Å². The quantitative estimate of drug-likeness (QED) is 0.462. The Morgan fingerprint density at radius 2 is 1.81 bits per heavy atom. The Kier molecular flexibility index (Phi) is 6.13. The molecule has 9 heteroatoms. The largest absolute Gasteiger partial charge is 0.497 e. The van der Waals surface area contributed by atoms with Crippen LogP contribution in [0.5, 0.6) is 11.5 Å². The summed E-state index contributed by atoms with van der Waals surface area (Å²) in [5, 5.41) is 8.03. The number of aryl methyl sites for hydroxylation is 1. The Morgan fingerprint density at radius 1 is 1.06 bits per heavy atom. The molecule has 2 aromatic heterocycles. The van der Waals surface area contributed by atoms with Crippen LogP contribution >= 0.6 is 11.6 Å². The van der Waals surface area contributed by atoms with E-state index in [9.17, 15) is 4.79 Å². The predicted molar refractivity (Wildman–Crippen MR) is 121 cm³/mol. The van der Waals surface area contributed by atoms with Crippen LogP contribution in [0.3, 0.4) is 0 Å². The minimum atomic E-state index is -0.553. The number of rotatable bonds is 7. The van der Waals surface area contributed by atoms with E-state index < -0.39 is 6.04 Å². The summed E-state index contributed by atoms with van der Waals surface area (Å²) >= 11 is 6.07. The van der Waals surface area contributed by atoms with E-state index in [1.54, 1.807) is 55.6 Å². The molecule has 0 fully saturated rings. The van der Waals surface area contributed by atoms with Crippen molar-refractivity contribution in [2.24, 2.45) is 7.05 Å². The Hall–Kier alpha value is -3.78. The molecular weight excluding hydrogens is 430 g/mol. The first-order valence-corrected chi connectivity index (χ1v) is 10.2. The van der Waals surface area contributed by atoms with Gasteiger partial charge in [0.1, 0.15) is 23.4 Å². The Morgan fingerprint density at radius 3 is 2.44 bits per heavy atom. The number of carbonyl (C=O) groups excluding carboxylic acids is 1. The summed E-state index contributed by atoms with van der Waals surface area (Å²) in [6.07, 6.45) is 5.21. The first kappa shape index (κ1) is 21.5. The van der Waals surface area contributed by atoms with Crippen LogP contribution in [0.15, 0.2) is 67.1 Å². The predicted octanol–water partition coefficient (Wildman–Crippen LogP) is 3.80. The zero-order chi connectivity index (χ0) is 22.7. The van der Waals surface area contributed by atoms with E-state index in [4.69, 9.17) is 21.1 Å². The molecule has 0 spiro atoms. The van der Waals surface area contributed by atoms with Gasteiger partial charge in [0.15, 0.2) is 5.69 Å². The van der Waals surface area contributed by atoms with Crippen LogP contribution in [-0.4, -0.2) is 39.5 Å². The highest BCUT2D eigenvalue weighted by atomic mass is 35.5. The summed E-state index contributed by atoms with van der Waals surface area (Å²) in [5.74, 6) is 1.53. The van der Waals surface area contributed by atoms with Gasteiger partial charge in [-0.25, -0.2) is 9.67 Å². The van der Waals surface area contributed by atoms with Gasteiger partial charge in [-0.3, -0.25) is 4.79 Å². The number of ether oxygens (including phenoxy) is 2. The second kappa shape index (κ2) is 9.15. The lowest BCUT2D eigenvalue weighted by molar-refractivity contribution is 0.0935. The summed E-state index contributed by atoms with van der Waals surface area (Å²) in [4.78, 5) is 17.6. The SMILES string of the molecule is COc1cc(OC)cc(C(NC(=O)c2ccn(-c3cccc(Cl)c3)n2)c2nccn2C)c1. The average molecular weight is 452 g/mol. The maximum Gasteiger partial charge on any atom is 0.272 e. The van der Waals surface area contributed by atoms with E-state index in [-0.39, 0.29) is 11.6 Å². The lowest BCUT2D eigenvalue weighted by atomic mass is 10.0. The van der Waals surface area contributed by atoms with Crippen molar-refractivity contribution < 1.29 is 14.3 Å². The van der Waals surface area contributed by atoms with Crippen LogP contribution in [0.1, 0.15) is 27.9 Å². The number of benzene rings is 2. The van der Waals surface area contributed by atoms with E-state index in [2.05, 4.69) is 15.4 Å². The van der Waals surface area contributed by atoms with Crippen LogP contribution in [0.25, 0.3) is 5.69 Å². The Balaban J connectivity index is 1.67. The Labute approximate surface area is 190 Å². The van der Waals surface area contributed by atoms with Crippen molar-refractivity contribution in [3.8, 4) is 17.2 Å². The Bertz CT molecular complexity index is 1230. The minimum Gasteiger partial charge on any atom is -0.497 e. The molecule has 4 rings (SSSR count). The maximum atomic E-state index is 13.1. The molecule has 0 bridgehead atoms. The molecule has 4 aromatic rings. The molecule has 1 unspecified atom stereocenters. The fraction of sp³-hybridized carbons (Fsp3) is 0.174. The highest BCUT2D eigenvalue weighted by Gasteiger charge is 2.24. The first-order chi connectivity index (χ1) is 15.5. The van der Waals surface area contributed by atoms with Gasteiger partial charge in [0.05, 0.1) is 19.9 Å². The van der Waals surface area contributed by atoms with Gasteiger partial charge in [0, 0.05) is 36.7 Å². The monoisotopic (exact) mass is 451 g/mol. The number of methoxy groups -OCH3 is 2. The number of halogens is 1. The van der Waals surface area contributed by atoms with E-state index in [1.807, 2.05) is 42.1 Å². The van der Waals surface area contributed by atoms with Gasteiger partial charge in [-0.15, -0.1) is 0 Å². The molecule has 1 atom stereocenters. The average Bonchev–Trinajstić information content (AvgIpc) is 3.46. The zero-order valence-corrected chi connectivity index (χ0v) is 18.6. The van der Waals surface area contributed by atoms with Crippen molar-refractivity contribution in [2.45, 2.75) is 6.04 Å². The van der Waals surface area contributed by atoms with Crippen LogP contribution in [0, 0.1) is 0 Å². The zero-order valence-electron chi connectivity index (χ0n) is 17.8. The van der Waals surface area contributed by atoms with Crippen molar-refractivity contribution in [3.63, 3.8) is 0 Å². The van der Waals surface area contributed by atoms with Gasteiger partial charge >= 0.3 is 0 Å². The number of hydrogen-bond acceptors (Lipinski definition) is 5. The molecule has 164 valence electrons. The smallest absolute Gasteiger partial charge is 0.272 e. The lowest BCUT2D eigenvalue weighted by Gasteiger charge is -2.20. The van der Waals surface area contributed by atoms with Gasteiger partial charge in [-0.2, -0.15) is 5.10 Å². The fourth-order valence-corrected chi connectivity index (χ4v) is 3.55. The molecule has 0 aliphatic rings.